The number of aromatic hydroxyl groups is 2. The maximum Gasteiger partial charge on any atom is 0.124 e. The molecule has 2 aromatic rings. The van der Waals surface area contributed by atoms with Crippen LogP contribution in [-0.4, -0.2) is 34.7 Å². The van der Waals surface area contributed by atoms with Crippen molar-refractivity contribution in [2.45, 2.75) is 25.9 Å². The third kappa shape index (κ3) is 4.19. The summed E-state index contributed by atoms with van der Waals surface area (Å²) in [6.07, 6.45) is 3.32. The van der Waals surface area contributed by atoms with Gasteiger partial charge in [0.05, 0.1) is 12.1 Å². The number of rotatable bonds is 5. The highest BCUT2D eigenvalue weighted by atomic mass is 16.3. The number of hydrogen-bond donors (Lipinski definition) is 2. The van der Waals surface area contributed by atoms with Crippen molar-refractivity contribution in [2.24, 2.45) is 9.98 Å². The van der Waals surface area contributed by atoms with E-state index in [2.05, 4.69) is 9.98 Å². The molecule has 2 aromatic carbocycles. The van der Waals surface area contributed by atoms with Crippen LogP contribution in [0.25, 0.3) is 0 Å². The summed E-state index contributed by atoms with van der Waals surface area (Å²) in [4.78, 5) is 8.86. The van der Waals surface area contributed by atoms with E-state index in [0.717, 1.165) is 0 Å². The fourth-order valence-corrected chi connectivity index (χ4v) is 1.84. The molecular formula is C18H20N2O2. The highest BCUT2D eigenvalue weighted by Gasteiger charge is 2.08. The smallest absolute Gasteiger partial charge is 0.124 e. The van der Waals surface area contributed by atoms with Gasteiger partial charge >= 0.3 is 0 Å². The largest absolute Gasteiger partial charge is 0.507 e. The van der Waals surface area contributed by atoms with Crippen LogP contribution in [0.3, 0.4) is 0 Å². The van der Waals surface area contributed by atoms with Crippen molar-refractivity contribution in [3.05, 3.63) is 59.7 Å². The number of phenols is 2. The lowest BCUT2D eigenvalue weighted by molar-refractivity contribution is 0.473. The Balaban J connectivity index is 2.02. The van der Waals surface area contributed by atoms with Crippen LogP contribution in [0.4, 0.5) is 0 Å². The molecule has 22 heavy (non-hydrogen) atoms. The molecule has 0 saturated heterocycles. The van der Waals surface area contributed by atoms with Crippen LogP contribution in [0, 0.1) is 0 Å². The summed E-state index contributed by atoms with van der Waals surface area (Å²) in [5, 5.41) is 19.4. The van der Waals surface area contributed by atoms with E-state index in [0.29, 0.717) is 11.1 Å². The van der Waals surface area contributed by atoms with Gasteiger partial charge < -0.3 is 10.2 Å². The SMILES string of the molecule is CC(N=Cc1ccccc1O)C(C)N=Cc1ccccc1O. The first-order valence-corrected chi connectivity index (χ1v) is 7.20. The normalized spacial score (nSPS) is 14.5. The van der Waals surface area contributed by atoms with E-state index < -0.39 is 0 Å². The average Bonchev–Trinajstić information content (AvgIpc) is 2.52. The van der Waals surface area contributed by atoms with Crippen LogP contribution >= 0.6 is 0 Å². The van der Waals surface area contributed by atoms with Gasteiger partial charge in [0.1, 0.15) is 11.5 Å². The Kier molecular flexibility index (Phi) is 5.31. The zero-order valence-corrected chi connectivity index (χ0v) is 12.7. The number of benzene rings is 2. The molecule has 4 heteroatoms. The molecule has 4 nitrogen and oxygen atoms in total. The van der Waals surface area contributed by atoms with E-state index in [-0.39, 0.29) is 23.6 Å². The van der Waals surface area contributed by atoms with E-state index >= 15 is 0 Å². The molecular weight excluding hydrogens is 276 g/mol. The molecule has 0 amide bonds. The van der Waals surface area contributed by atoms with Gasteiger partial charge in [0.15, 0.2) is 0 Å². The predicted octanol–water partition coefficient (Wildman–Crippen LogP) is 3.41. The number of para-hydroxylation sites is 2. The lowest BCUT2D eigenvalue weighted by atomic mass is 10.1. The molecule has 0 heterocycles. The summed E-state index contributed by atoms with van der Waals surface area (Å²) < 4.78 is 0. The van der Waals surface area contributed by atoms with Gasteiger partial charge in [-0.05, 0) is 38.1 Å². The van der Waals surface area contributed by atoms with Crippen LogP contribution < -0.4 is 0 Å². The fourth-order valence-electron chi connectivity index (χ4n) is 1.84. The second-order valence-electron chi connectivity index (χ2n) is 5.16. The predicted molar refractivity (Wildman–Crippen MR) is 90.3 cm³/mol. The number of aliphatic imine (C=N–C) groups is 2. The van der Waals surface area contributed by atoms with Gasteiger partial charge in [-0.3, -0.25) is 9.98 Å². The number of nitrogens with zero attached hydrogens (tertiary/aromatic N) is 2. The molecule has 0 aromatic heterocycles. The van der Waals surface area contributed by atoms with Gasteiger partial charge in [0.2, 0.25) is 0 Å². The monoisotopic (exact) mass is 296 g/mol. The van der Waals surface area contributed by atoms with E-state index in [4.69, 9.17) is 0 Å². The van der Waals surface area contributed by atoms with Crippen molar-refractivity contribution in [1.82, 2.24) is 0 Å². The highest BCUT2D eigenvalue weighted by Crippen LogP contribution is 2.15. The lowest BCUT2D eigenvalue weighted by Crippen LogP contribution is -2.15. The second-order valence-corrected chi connectivity index (χ2v) is 5.16. The van der Waals surface area contributed by atoms with Crippen molar-refractivity contribution in [1.29, 1.82) is 0 Å². The zero-order chi connectivity index (χ0) is 15.9. The fraction of sp³-hybridized carbons (Fsp3) is 0.222. The van der Waals surface area contributed by atoms with Crippen LogP contribution in [0.15, 0.2) is 58.5 Å². The van der Waals surface area contributed by atoms with Crippen molar-refractivity contribution in [2.75, 3.05) is 0 Å². The third-order valence-corrected chi connectivity index (χ3v) is 3.47. The Labute approximate surface area is 130 Å². The average molecular weight is 296 g/mol. The summed E-state index contributed by atoms with van der Waals surface area (Å²) in [7, 11) is 0. The molecule has 2 atom stereocenters. The zero-order valence-electron chi connectivity index (χ0n) is 12.7. The minimum absolute atomic E-state index is 0.0401. The van der Waals surface area contributed by atoms with Gasteiger partial charge in [0.25, 0.3) is 0 Å². The lowest BCUT2D eigenvalue weighted by Gasteiger charge is -2.11. The topological polar surface area (TPSA) is 65.2 Å². The first-order valence-electron chi connectivity index (χ1n) is 7.20. The third-order valence-electron chi connectivity index (χ3n) is 3.47. The summed E-state index contributed by atoms with van der Waals surface area (Å²) in [5.41, 5.74) is 1.37. The van der Waals surface area contributed by atoms with Gasteiger partial charge in [-0.2, -0.15) is 0 Å². The maximum absolute atomic E-state index is 9.70. The number of phenolic OH excluding ortho intramolecular Hbond substituents is 2. The van der Waals surface area contributed by atoms with E-state index in [1.807, 2.05) is 38.1 Å². The van der Waals surface area contributed by atoms with E-state index in [1.54, 1.807) is 36.7 Å². The molecule has 0 saturated carbocycles. The Morgan fingerprint density at radius 2 is 1.09 bits per heavy atom. The summed E-state index contributed by atoms with van der Waals surface area (Å²) in [6, 6.07) is 14.0. The summed E-state index contributed by atoms with van der Waals surface area (Å²) in [5.74, 6) is 0.424. The molecule has 0 spiro atoms. The molecule has 2 N–H and O–H groups in total. The molecule has 0 aliphatic carbocycles. The van der Waals surface area contributed by atoms with Gasteiger partial charge in [0, 0.05) is 23.6 Å². The number of hydrogen-bond acceptors (Lipinski definition) is 4. The van der Waals surface area contributed by atoms with Gasteiger partial charge in [-0.15, -0.1) is 0 Å². The molecule has 0 fully saturated rings. The van der Waals surface area contributed by atoms with E-state index in [1.165, 1.54) is 0 Å². The maximum atomic E-state index is 9.70. The molecule has 114 valence electrons. The molecule has 0 radical (unpaired) electrons. The highest BCUT2D eigenvalue weighted by molar-refractivity contribution is 5.84. The molecule has 0 bridgehead atoms. The quantitative estimate of drug-likeness (QED) is 0.830. The Morgan fingerprint density at radius 3 is 1.45 bits per heavy atom. The van der Waals surface area contributed by atoms with Crippen LogP contribution in [0.5, 0.6) is 11.5 Å². The molecule has 2 unspecified atom stereocenters. The molecule has 0 aliphatic heterocycles. The first-order chi connectivity index (χ1) is 10.6. The van der Waals surface area contributed by atoms with Gasteiger partial charge in [-0.25, -0.2) is 0 Å². The Bertz CT molecular complexity index is 621. The van der Waals surface area contributed by atoms with Crippen LogP contribution in [0.1, 0.15) is 25.0 Å². The Morgan fingerprint density at radius 1 is 0.727 bits per heavy atom. The van der Waals surface area contributed by atoms with Gasteiger partial charge in [-0.1, -0.05) is 24.3 Å². The van der Waals surface area contributed by atoms with Crippen molar-refractivity contribution in [3.63, 3.8) is 0 Å². The van der Waals surface area contributed by atoms with Crippen molar-refractivity contribution in [3.8, 4) is 11.5 Å². The second kappa shape index (κ2) is 7.41. The molecule has 0 aliphatic rings. The van der Waals surface area contributed by atoms with E-state index in [9.17, 15) is 10.2 Å². The summed E-state index contributed by atoms with van der Waals surface area (Å²) in [6.45, 7) is 3.92. The standard InChI is InChI=1S/C18H20N2O2/c1-13(19-11-15-7-3-5-9-17(15)21)14(2)20-12-16-8-4-6-10-18(16)22/h3-14,21-22H,1-2H3. The Hall–Kier alpha value is -2.62. The minimum Gasteiger partial charge on any atom is -0.507 e. The van der Waals surface area contributed by atoms with Crippen molar-refractivity contribution >= 4 is 12.4 Å². The summed E-state index contributed by atoms with van der Waals surface area (Å²) >= 11 is 0. The van der Waals surface area contributed by atoms with Crippen LogP contribution in [0.2, 0.25) is 0 Å². The minimum atomic E-state index is -0.0401. The molecule has 2 rings (SSSR count). The van der Waals surface area contributed by atoms with Crippen molar-refractivity contribution < 1.29 is 10.2 Å². The first kappa shape index (κ1) is 15.8. The van der Waals surface area contributed by atoms with Crippen LogP contribution in [-0.2, 0) is 0 Å².